The van der Waals surface area contributed by atoms with Crippen molar-refractivity contribution in [3.8, 4) is 0 Å². The molecule has 1 saturated carbocycles. The van der Waals surface area contributed by atoms with Crippen LogP contribution in [0.25, 0.3) is 0 Å². The van der Waals surface area contributed by atoms with Crippen LogP contribution in [0.1, 0.15) is 33.1 Å². The lowest BCUT2D eigenvalue weighted by Gasteiger charge is -2.26. The van der Waals surface area contributed by atoms with E-state index >= 15 is 0 Å². The van der Waals surface area contributed by atoms with Gasteiger partial charge in [-0.05, 0) is 38.6 Å². The largest absolute Gasteiger partial charge is 0.368 e. The predicted octanol–water partition coefficient (Wildman–Crippen LogP) is 0.982. The lowest BCUT2D eigenvalue weighted by atomic mass is 10.2. The third-order valence-corrected chi connectivity index (χ3v) is 2.66. The standard InChI is InChI=1S/C10H20N2O/c1-3-6-12(7-9-4-5-9)8(2)10(11)13/h8-9H,3-7H2,1-2H3,(H2,11,13). The molecule has 0 aliphatic heterocycles. The fourth-order valence-corrected chi connectivity index (χ4v) is 1.54. The highest BCUT2D eigenvalue weighted by Gasteiger charge is 2.27. The molecule has 2 N–H and O–H groups in total. The highest BCUT2D eigenvalue weighted by molar-refractivity contribution is 5.79. The first-order chi connectivity index (χ1) is 6.15. The van der Waals surface area contributed by atoms with Crippen molar-refractivity contribution in [3.63, 3.8) is 0 Å². The molecule has 0 bridgehead atoms. The number of carbonyl (C=O) groups excluding carboxylic acids is 1. The van der Waals surface area contributed by atoms with Crippen molar-refractivity contribution in [2.45, 2.75) is 39.2 Å². The first-order valence-corrected chi connectivity index (χ1v) is 5.18. The van der Waals surface area contributed by atoms with E-state index in [1.54, 1.807) is 0 Å². The third kappa shape index (κ3) is 3.35. The number of carbonyl (C=O) groups is 1. The molecule has 1 rings (SSSR count). The van der Waals surface area contributed by atoms with Gasteiger partial charge in [-0.1, -0.05) is 6.92 Å². The summed E-state index contributed by atoms with van der Waals surface area (Å²) in [5, 5.41) is 0. The van der Waals surface area contributed by atoms with E-state index < -0.39 is 0 Å². The van der Waals surface area contributed by atoms with Gasteiger partial charge in [-0.2, -0.15) is 0 Å². The fourth-order valence-electron chi connectivity index (χ4n) is 1.54. The van der Waals surface area contributed by atoms with Crippen molar-refractivity contribution in [2.24, 2.45) is 11.7 Å². The molecule has 0 radical (unpaired) electrons. The van der Waals surface area contributed by atoms with Crippen LogP contribution in [0.4, 0.5) is 0 Å². The van der Waals surface area contributed by atoms with Gasteiger partial charge in [0.25, 0.3) is 0 Å². The smallest absolute Gasteiger partial charge is 0.234 e. The summed E-state index contributed by atoms with van der Waals surface area (Å²) >= 11 is 0. The van der Waals surface area contributed by atoms with E-state index in [0.717, 1.165) is 25.4 Å². The molecule has 0 aromatic carbocycles. The second-order valence-electron chi connectivity index (χ2n) is 4.02. The van der Waals surface area contributed by atoms with Crippen LogP contribution >= 0.6 is 0 Å². The minimum atomic E-state index is -0.200. The molecule has 0 aromatic rings. The molecule has 76 valence electrons. The number of primary amides is 1. The molecule has 1 atom stereocenters. The average Bonchev–Trinajstić information content (AvgIpc) is 2.86. The second-order valence-corrected chi connectivity index (χ2v) is 4.02. The van der Waals surface area contributed by atoms with Gasteiger partial charge < -0.3 is 5.73 Å². The molecule has 3 nitrogen and oxygen atoms in total. The number of nitrogens with two attached hydrogens (primary N) is 1. The molecular weight excluding hydrogens is 164 g/mol. The molecule has 1 amide bonds. The molecule has 1 unspecified atom stereocenters. The molecule has 0 saturated heterocycles. The van der Waals surface area contributed by atoms with Crippen molar-refractivity contribution in [1.29, 1.82) is 0 Å². The van der Waals surface area contributed by atoms with Crippen LogP contribution in [0.3, 0.4) is 0 Å². The maximum absolute atomic E-state index is 11.0. The topological polar surface area (TPSA) is 46.3 Å². The molecular formula is C10H20N2O. The highest BCUT2D eigenvalue weighted by Crippen LogP contribution is 2.30. The Kier molecular flexibility index (Phi) is 3.72. The Hall–Kier alpha value is -0.570. The maximum Gasteiger partial charge on any atom is 0.234 e. The zero-order valence-electron chi connectivity index (χ0n) is 8.62. The Morgan fingerprint density at radius 3 is 2.62 bits per heavy atom. The molecule has 13 heavy (non-hydrogen) atoms. The van der Waals surface area contributed by atoms with Gasteiger partial charge in [0, 0.05) is 6.54 Å². The SMILES string of the molecule is CCCN(CC1CC1)C(C)C(N)=O. The summed E-state index contributed by atoms with van der Waals surface area (Å²) in [5.41, 5.74) is 5.28. The summed E-state index contributed by atoms with van der Waals surface area (Å²) in [6, 6.07) is -0.0967. The summed E-state index contributed by atoms with van der Waals surface area (Å²) < 4.78 is 0. The van der Waals surface area contributed by atoms with E-state index in [2.05, 4.69) is 11.8 Å². The molecule has 0 heterocycles. The molecule has 0 aromatic heterocycles. The van der Waals surface area contributed by atoms with Gasteiger partial charge in [0.1, 0.15) is 0 Å². The van der Waals surface area contributed by atoms with Crippen LogP contribution in [0.2, 0.25) is 0 Å². The van der Waals surface area contributed by atoms with E-state index in [9.17, 15) is 4.79 Å². The second kappa shape index (κ2) is 4.61. The van der Waals surface area contributed by atoms with Gasteiger partial charge >= 0.3 is 0 Å². The van der Waals surface area contributed by atoms with Crippen molar-refractivity contribution in [1.82, 2.24) is 4.90 Å². The van der Waals surface area contributed by atoms with Crippen molar-refractivity contribution in [2.75, 3.05) is 13.1 Å². The molecule has 3 heteroatoms. The van der Waals surface area contributed by atoms with E-state index in [4.69, 9.17) is 5.73 Å². The van der Waals surface area contributed by atoms with Crippen LogP contribution in [-0.2, 0) is 4.79 Å². The van der Waals surface area contributed by atoms with Gasteiger partial charge in [0.2, 0.25) is 5.91 Å². The molecule has 0 spiro atoms. The zero-order chi connectivity index (χ0) is 9.84. The van der Waals surface area contributed by atoms with Crippen LogP contribution in [0, 0.1) is 5.92 Å². The van der Waals surface area contributed by atoms with E-state index in [-0.39, 0.29) is 11.9 Å². The maximum atomic E-state index is 11.0. The van der Waals surface area contributed by atoms with E-state index in [0.29, 0.717) is 0 Å². The van der Waals surface area contributed by atoms with Crippen molar-refractivity contribution >= 4 is 5.91 Å². The first-order valence-electron chi connectivity index (χ1n) is 5.18. The lowest BCUT2D eigenvalue weighted by Crippen LogP contribution is -2.44. The number of nitrogens with zero attached hydrogens (tertiary/aromatic N) is 1. The molecule has 1 fully saturated rings. The zero-order valence-corrected chi connectivity index (χ0v) is 8.62. The van der Waals surface area contributed by atoms with E-state index in [1.807, 2.05) is 6.92 Å². The molecule has 1 aliphatic carbocycles. The van der Waals surface area contributed by atoms with Crippen LogP contribution in [0.15, 0.2) is 0 Å². The predicted molar refractivity (Wildman–Crippen MR) is 53.2 cm³/mol. The lowest BCUT2D eigenvalue weighted by molar-refractivity contribution is -0.122. The Balaban J connectivity index is 2.38. The Morgan fingerprint density at radius 2 is 2.23 bits per heavy atom. The normalized spacial score (nSPS) is 19.0. The summed E-state index contributed by atoms with van der Waals surface area (Å²) in [4.78, 5) is 13.2. The Bertz CT molecular complexity index is 178. The highest BCUT2D eigenvalue weighted by atomic mass is 16.1. The summed E-state index contributed by atoms with van der Waals surface area (Å²) in [6.07, 6.45) is 3.74. The minimum absolute atomic E-state index is 0.0967. The summed E-state index contributed by atoms with van der Waals surface area (Å²) in [6.45, 7) is 6.08. The number of hydrogen-bond acceptors (Lipinski definition) is 2. The Morgan fingerprint density at radius 1 is 1.62 bits per heavy atom. The van der Waals surface area contributed by atoms with Gasteiger partial charge in [-0.3, -0.25) is 9.69 Å². The first kappa shape index (κ1) is 10.5. The third-order valence-electron chi connectivity index (χ3n) is 2.66. The average molecular weight is 184 g/mol. The number of rotatable bonds is 6. The van der Waals surface area contributed by atoms with Crippen molar-refractivity contribution in [3.05, 3.63) is 0 Å². The van der Waals surface area contributed by atoms with Gasteiger partial charge in [-0.25, -0.2) is 0 Å². The van der Waals surface area contributed by atoms with Crippen LogP contribution < -0.4 is 5.73 Å². The Labute approximate surface area is 80.3 Å². The summed E-state index contributed by atoms with van der Waals surface area (Å²) in [7, 11) is 0. The number of hydrogen-bond donors (Lipinski definition) is 1. The monoisotopic (exact) mass is 184 g/mol. The quantitative estimate of drug-likeness (QED) is 0.669. The minimum Gasteiger partial charge on any atom is -0.368 e. The van der Waals surface area contributed by atoms with Gasteiger partial charge in [0.05, 0.1) is 6.04 Å². The fraction of sp³-hybridized carbons (Fsp3) is 0.900. The van der Waals surface area contributed by atoms with Crippen LogP contribution in [0.5, 0.6) is 0 Å². The van der Waals surface area contributed by atoms with Crippen LogP contribution in [-0.4, -0.2) is 29.9 Å². The van der Waals surface area contributed by atoms with Gasteiger partial charge in [0.15, 0.2) is 0 Å². The van der Waals surface area contributed by atoms with E-state index in [1.165, 1.54) is 12.8 Å². The van der Waals surface area contributed by atoms with Crippen molar-refractivity contribution < 1.29 is 4.79 Å². The summed E-state index contributed by atoms with van der Waals surface area (Å²) in [5.74, 6) is 0.627. The molecule has 1 aliphatic rings. The number of amides is 1. The van der Waals surface area contributed by atoms with Gasteiger partial charge in [-0.15, -0.1) is 0 Å².